The maximum atomic E-state index is 12.4. The minimum atomic E-state index is 0.00218. The summed E-state index contributed by atoms with van der Waals surface area (Å²) in [6.07, 6.45) is 8.64. The maximum absolute atomic E-state index is 12.4. The van der Waals surface area contributed by atoms with Crippen molar-refractivity contribution in [2.45, 2.75) is 37.8 Å². The zero-order valence-corrected chi connectivity index (χ0v) is 13.6. The normalized spacial score (nSPS) is 26.3. The number of anilines is 1. The predicted molar refractivity (Wildman–Crippen MR) is 88.6 cm³/mol. The van der Waals surface area contributed by atoms with Crippen molar-refractivity contribution in [2.24, 2.45) is 0 Å². The number of piperazine rings is 1. The number of carbonyl (C=O) groups excluding carboxylic acids is 1. The minimum Gasteiger partial charge on any atom is -0.322 e. The van der Waals surface area contributed by atoms with Crippen molar-refractivity contribution in [3.05, 3.63) is 12.4 Å². The van der Waals surface area contributed by atoms with Gasteiger partial charge in [0.25, 0.3) is 0 Å². The van der Waals surface area contributed by atoms with Gasteiger partial charge in [0.15, 0.2) is 0 Å². The van der Waals surface area contributed by atoms with Gasteiger partial charge in [-0.2, -0.15) is 5.10 Å². The zero-order valence-electron chi connectivity index (χ0n) is 13.6. The molecule has 1 aromatic heterocycles. The number of amides is 2. The highest BCUT2D eigenvalue weighted by Crippen LogP contribution is 2.31. The SMILES string of the molecule is O=C(Nc1cnn(C2CCC2)c1)N1CCN(C2CCNC2)CC1. The van der Waals surface area contributed by atoms with Crippen LogP contribution in [0.4, 0.5) is 10.5 Å². The summed E-state index contributed by atoms with van der Waals surface area (Å²) < 4.78 is 1.99. The Balaban J connectivity index is 1.27. The predicted octanol–water partition coefficient (Wildman–Crippen LogP) is 1.12. The summed E-state index contributed by atoms with van der Waals surface area (Å²) in [5, 5.41) is 10.8. The van der Waals surface area contributed by atoms with Crippen LogP contribution in [0.25, 0.3) is 0 Å². The molecule has 1 aliphatic carbocycles. The molecule has 23 heavy (non-hydrogen) atoms. The maximum Gasteiger partial charge on any atom is 0.322 e. The second-order valence-electron chi connectivity index (χ2n) is 6.89. The van der Waals surface area contributed by atoms with Crippen LogP contribution in [-0.2, 0) is 0 Å². The molecule has 1 aromatic rings. The Morgan fingerprint density at radius 3 is 2.65 bits per heavy atom. The fourth-order valence-electron chi connectivity index (χ4n) is 3.70. The van der Waals surface area contributed by atoms with Crippen LogP contribution in [0.2, 0.25) is 0 Å². The van der Waals surface area contributed by atoms with Crippen LogP contribution in [-0.4, -0.2) is 70.9 Å². The molecule has 3 aliphatic rings. The molecule has 3 heterocycles. The van der Waals surface area contributed by atoms with Crippen molar-refractivity contribution >= 4 is 11.7 Å². The lowest BCUT2D eigenvalue weighted by Crippen LogP contribution is -2.53. The summed E-state index contributed by atoms with van der Waals surface area (Å²) >= 11 is 0. The number of aromatic nitrogens is 2. The Labute approximate surface area is 137 Å². The summed E-state index contributed by atoms with van der Waals surface area (Å²) in [5.41, 5.74) is 0.810. The van der Waals surface area contributed by atoms with Crippen molar-refractivity contribution in [1.29, 1.82) is 0 Å². The van der Waals surface area contributed by atoms with Crippen LogP contribution in [0.1, 0.15) is 31.7 Å². The highest BCUT2D eigenvalue weighted by molar-refractivity contribution is 5.89. The molecule has 4 rings (SSSR count). The number of nitrogens with zero attached hydrogens (tertiary/aromatic N) is 4. The zero-order chi connectivity index (χ0) is 15.6. The molecule has 0 aromatic carbocycles. The van der Waals surface area contributed by atoms with Gasteiger partial charge in [-0.3, -0.25) is 9.58 Å². The lowest BCUT2D eigenvalue weighted by molar-refractivity contribution is 0.119. The first kappa shape index (κ1) is 15.0. The molecule has 3 fully saturated rings. The molecule has 2 aliphatic heterocycles. The first-order valence-electron chi connectivity index (χ1n) is 8.84. The first-order chi connectivity index (χ1) is 11.3. The average Bonchev–Trinajstić information content (AvgIpc) is 3.18. The Hall–Kier alpha value is -1.60. The van der Waals surface area contributed by atoms with Crippen LogP contribution in [0.15, 0.2) is 12.4 Å². The fraction of sp³-hybridized carbons (Fsp3) is 0.750. The lowest BCUT2D eigenvalue weighted by atomic mass is 9.93. The Morgan fingerprint density at radius 1 is 1.17 bits per heavy atom. The summed E-state index contributed by atoms with van der Waals surface area (Å²) in [6, 6.07) is 1.19. The van der Waals surface area contributed by atoms with E-state index in [1.54, 1.807) is 6.20 Å². The number of carbonyl (C=O) groups is 1. The second kappa shape index (κ2) is 6.49. The topological polar surface area (TPSA) is 65.4 Å². The summed E-state index contributed by atoms with van der Waals surface area (Å²) in [6.45, 7) is 5.77. The highest BCUT2D eigenvalue weighted by atomic mass is 16.2. The molecule has 0 bridgehead atoms. The van der Waals surface area contributed by atoms with Crippen molar-refractivity contribution in [3.8, 4) is 0 Å². The van der Waals surface area contributed by atoms with Gasteiger partial charge in [-0.25, -0.2) is 4.79 Å². The number of hydrogen-bond donors (Lipinski definition) is 2. The Bertz CT molecular complexity index is 541. The quantitative estimate of drug-likeness (QED) is 0.876. The van der Waals surface area contributed by atoms with E-state index in [2.05, 4.69) is 20.6 Å². The molecule has 7 heteroatoms. The van der Waals surface area contributed by atoms with Gasteiger partial charge in [-0.15, -0.1) is 0 Å². The van der Waals surface area contributed by atoms with E-state index in [4.69, 9.17) is 0 Å². The van der Waals surface area contributed by atoms with Crippen molar-refractivity contribution in [1.82, 2.24) is 24.9 Å². The van der Waals surface area contributed by atoms with Crippen LogP contribution < -0.4 is 10.6 Å². The third kappa shape index (κ3) is 3.21. The van der Waals surface area contributed by atoms with Crippen molar-refractivity contribution in [2.75, 3.05) is 44.6 Å². The van der Waals surface area contributed by atoms with E-state index < -0.39 is 0 Å². The minimum absolute atomic E-state index is 0.00218. The van der Waals surface area contributed by atoms with Crippen molar-refractivity contribution < 1.29 is 4.79 Å². The number of hydrogen-bond acceptors (Lipinski definition) is 4. The molecule has 1 saturated carbocycles. The first-order valence-corrected chi connectivity index (χ1v) is 8.84. The van der Waals surface area contributed by atoms with Gasteiger partial charge in [0.05, 0.1) is 17.9 Å². The van der Waals surface area contributed by atoms with Crippen LogP contribution in [0.5, 0.6) is 0 Å². The molecule has 2 saturated heterocycles. The summed E-state index contributed by atoms with van der Waals surface area (Å²) in [7, 11) is 0. The third-order valence-electron chi connectivity index (χ3n) is 5.45. The van der Waals surface area contributed by atoms with Gasteiger partial charge >= 0.3 is 6.03 Å². The van der Waals surface area contributed by atoms with E-state index in [0.717, 1.165) is 45.0 Å². The van der Waals surface area contributed by atoms with E-state index in [0.29, 0.717) is 12.1 Å². The average molecular weight is 318 g/mol. The molecule has 2 N–H and O–H groups in total. The van der Waals surface area contributed by atoms with Crippen LogP contribution in [0.3, 0.4) is 0 Å². The van der Waals surface area contributed by atoms with Gasteiger partial charge in [-0.1, -0.05) is 0 Å². The number of rotatable bonds is 3. The smallest absolute Gasteiger partial charge is 0.322 e. The second-order valence-corrected chi connectivity index (χ2v) is 6.89. The molecule has 0 spiro atoms. The van der Waals surface area contributed by atoms with E-state index >= 15 is 0 Å². The molecule has 0 radical (unpaired) electrons. The van der Waals surface area contributed by atoms with E-state index in [9.17, 15) is 4.79 Å². The summed E-state index contributed by atoms with van der Waals surface area (Å²) in [5.74, 6) is 0. The molecular formula is C16H26N6O. The molecule has 1 unspecified atom stereocenters. The van der Waals surface area contributed by atoms with Crippen LogP contribution >= 0.6 is 0 Å². The molecule has 126 valence electrons. The van der Waals surface area contributed by atoms with E-state index in [1.807, 2.05) is 15.8 Å². The fourth-order valence-corrected chi connectivity index (χ4v) is 3.70. The van der Waals surface area contributed by atoms with E-state index in [-0.39, 0.29) is 6.03 Å². The van der Waals surface area contributed by atoms with Gasteiger partial charge < -0.3 is 15.5 Å². The molecule has 2 amide bonds. The Morgan fingerprint density at radius 2 is 2.00 bits per heavy atom. The van der Waals surface area contributed by atoms with Crippen LogP contribution in [0, 0.1) is 0 Å². The van der Waals surface area contributed by atoms with Gasteiger partial charge in [-0.05, 0) is 32.2 Å². The van der Waals surface area contributed by atoms with Crippen molar-refractivity contribution in [3.63, 3.8) is 0 Å². The molecule has 7 nitrogen and oxygen atoms in total. The summed E-state index contributed by atoms with van der Waals surface area (Å²) in [4.78, 5) is 16.8. The van der Waals surface area contributed by atoms with Gasteiger partial charge in [0.1, 0.15) is 0 Å². The standard InChI is InChI=1S/C16H26N6O/c23-16(19-13-10-18-22(12-13)14-2-1-3-14)21-8-6-20(7-9-21)15-4-5-17-11-15/h10,12,14-15,17H,1-9,11H2,(H,19,23). The number of urea groups is 1. The lowest BCUT2D eigenvalue weighted by Gasteiger charge is -2.37. The van der Waals surface area contributed by atoms with Gasteiger partial charge in [0, 0.05) is 45.0 Å². The largest absolute Gasteiger partial charge is 0.322 e. The molecule has 1 atom stereocenters. The third-order valence-corrected chi connectivity index (χ3v) is 5.45. The monoisotopic (exact) mass is 318 g/mol. The highest BCUT2D eigenvalue weighted by Gasteiger charge is 2.28. The van der Waals surface area contributed by atoms with E-state index in [1.165, 1.54) is 25.7 Å². The van der Waals surface area contributed by atoms with Gasteiger partial charge in [0.2, 0.25) is 0 Å². The molecular weight excluding hydrogens is 292 g/mol. The number of nitrogens with one attached hydrogen (secondary N) is 2. The Kier molecular flexibility index (Phi) is 4.22.